The predicted molar refractivity (Wildman–Crippen MR) is 120 cm³/mol. The lowest BCUT2D eigenvalue weighted by atomic mass is 10.0. The third kappa shape index (κ3) is 3.86. The summed E-state index contributed by atoms with van der Waals surface area (Å²) < 4.78 is 30.7. The first kappa shape index (κ1) is 23.9. The number of nitrogens with one attached hydrogen (secondary N) is 2. The predicted octanol–water partition coefficient (Wildman–Crippen LogP) is 2.02. The van der Waals surface area contributed by atoms with Crippen molar-refractivity contribution in [3.63, 3.8) is 0 Å². The largest absolute Gasteiger partial charge is 0.459 e. The topological polar surface area (TPSA) is 122 Å². The highest BCUT2D eigenvalue weighted by molar-refractivity contribution is 8.02. The summed E-state index contributed by atoms with van der Waals surface area (Å²) >= 11 is 18.3. The van der Waals surface area contributed by atoms with Gasteiger partial charge in [-0.1, -0.05) is 34.8 Å². The molecule has 32 heavy (non-hydrogen) atoms. The Hall–Kier alpha value is -1.24. The number of thioether (sulfide) groups is 1. The average molecular weight is 543 g/mol. The van der Waals surface area contributed by atoms with E-state index in [1.54, 1.807) is 0 Å². The summed E-state index contributed by atoms with van der Waals surface area (Å²) in [4.78, 5) is 38.0. The number of halogens is 3. The maximum Gasteiger partial charge on any atom is 0.333 e. The number of rotatable bonds is 6. The maximum absolute atomic E-state index is 12.9. The van der Waals surface area contributed by atoms with Crippen LogP contribution in [-0.4, -0.2) is 63.2 Å². The second-order valence-electron chi connectivity index (χ2n) is 7.98. The summed E-state index contributed by atoms with van der Waals surface area (Å²) in [5, 5.41) is 1.98. The van der Waals surface area contributed by atoms with Crippen molar-refractivity contribution in [1.29, 1.82) is 0 Å². The first-order valence-electron chi connectivity index (χ1n) is 9.35. The number of β-lactam (4-membered cyclic amide) rings is 1. The van der Waals surface area contributed by atoms with E-state index in [0.29, 0.717) is 12.1 Å². The third-order valence-corrected chi connectivity index (χ3v) is 9.16. The number of alkyl halides is 3. The van der Waals surface area contributed by atoms with E-state index in [1.165, 1.54) is 47.9 Å². The quantitative estimate of drug-likeness (QED) is 0.320. The van der Waals surface area contributed by atoms with Crippen molar-refractivity contribution < 1.29 is 27.5 Å². The molecular weight excluding hydrogens is 525 g/mol. The van der Waals surface area contributed by atoms with Crippen LogP contribution in [-0.2, 0) is 29.1 Å². The molecule has 1 saturated carbocycles. The first-order valence-corrected chi connectivity index (χ1v) is 12.8. The average Bonchev–Trinajstić information content (AvgIpc) is 3.21. The van der Waals surface area contributed by atoms with E-state index in [9.17, 15) is 22.8 Å². The summed E-state index contributed by atoms with van der Waals surface area (Å²) in [5.41, 5.74) is -0.755. The van der Waals surface area contributed by atoms with E-state index < -0.39 is 54.0 Å². The molecule has 3 aliphatic rings. The number of nitrogens with zero attached hydrogens (tertiary/aromatic N) is 1. The molecule has 9 nitrogen and oxygen atoms in total. The van der Waals surface area contributed by atoms with Crippen molar-refractivity contribution in [2.75, 3.05) is 11.9 Å². The standard InChI is InChI=1S/C18H18Cl3N3O6S2/c1-9(25)22-10-3-5-11(6-4-10)32(28,29)23-12-13(26)24-14(12)31-16(2)7-17(16,24)15(27)30-8-18(19,20)21/h3-6,12,14,23H,7-8H2,1-2H3,(H,22,25)/t12?,14-,16?,17?/m0/s1. The van der Waals surface area contributed by atoms with Gasteiger partial charge in [-0.25, -0.2) is 13.2 Å². The van der Waals surface area contributed by atoms with Crippen LogP contribution in [0.4, 0.5) is 5.69 Å². The van der Waals surface area contributed by atoms with Gasteiger partial charge < -0.3 is 15.0 Å². The molecule has 0 aromatic heterocycles. The van der Waals surface area contributed by atoms with Crippen LogP contribution in [0, 0.1) is 0 Å². The number of fused-ring (bicyclic) bond motifs is 3. The van der Waals surface area contributed by atoms with Gasteiger partial charge >= 0.3 is 5.97 Å². The Balaban J connectivity index is 1.47. The fourth-order valence-electron chi connectivity index (χ4n) is 4.10. The SMILES string of the molecule is CC(=O)Nc1ccc(S(=O)(=O)NC2C(=O)N3[C@H]2SC2(C)CC32C(=O)OCC(Cl)(Cl)Cl)cc1. The summed E-state index contributed by atoms with van der Waals surface area (Å²) in [7, 11) is -4.02. The lowest BCUT2D eigenvalue weighted by Gasteiger charge is -2.46. The van der Waals surface area contributed by atoms with Crippen LogP contribution >= 0.6 is 46.6 Å². The van der Waals surface area contributed by atoms with Gasteiger partial charge in [0.1, 0.15) is 18.0 Å². The molecule has 174 valence electrons. The van der Waals surface area contributed by atoms with Gasteiger partial charge in [0.15, 0.2) is 5.54 Å². The molecule has 2 amide bonds. The van der Waals surface area contributed by atoms with Gasteiger partial charge in [0, 0.05) is 19.0 Å². The van der Waals surface area contributed by atoms with Crippen molar-refractivity contribution in [2.24, 2.45) is 0 Å². The Morgan fingerprint density at radius 2 is 1.91 bits per heavy atom. The van der Waals surface area contributed by atoms with Crippen molar-refractivity contribution in [2.45, 2.75) is 50.7 Å². The summed E-state index contributed by atoms with van der Waals surface area (Å²) in [6, 6.07) is 4.51. The molecule has 2 N–H and O–H groups in total. The number of amides is 2. The van der Waals surface area contributed by atoms with E-state index in [0.717, 1.165) is 0 Å². The highest BCUT2D eigenvalue weighted by atomic mass is 35.6. The van der Waals surface area contributed by atoms with E-state index in [2.05, 4.69) is 10.0 Å². The number of carbonyl (C=O) groups excluding carboxylic acids is 3. The molecule has 4 rings (SSSR count). The monoisotopic (exact) mass is 541 g/mol. The number of carbonyl (C=O) groups is 3. The van der Waals surface area contributed by atoms with Gasteiger partial charge in [-0.3, -0.25) is 9.59 Å². The minimum absolute atomic E-state index is 0.0611. The van der Waals surface area contributed by atoms with E-state index in [1.807, 2.05) is 6.92 Å². The highest BCUT2D eigenvalue weighted by Gasteiger charge is 2.85. The van der Waals surface area contributed by atoms with Crippen LogP contribution < -0.4 is 10.0 Å². The van der Waals surface area contributed by atoms with Gasteiger partial charge in [-0.15, -0.1) is 11.8 Å². The molecule has 2 saturated heterocycles. The molecule has 1 aromatic carbocycles. The number of anilines is 1. The van der Waals surface area contributed by atoms with Crippen LogP contribution in [0.5, 0.6) is 0 Å². The van der Waals surface area contributed by atoms with Gasteiger partial charge in [-0.05, 0) is 31.2 Å². The van der Waals surface area contributed by atoms with Crippen LogP contribution in [0.1, 0.15) is 20.3 Å². The maximum atomic E-state index is 12.9. The molecule has 0 radical (unpaired) electrons. The Kier molecular flexibility index (Phi) is 5.71. The van der Waals surface area contributed by atoms with Crippen LogP contribution in [0.3, 0.4) is 0 Å². The van der Waals surface area contributed by atoms with Gasteiger partial charge in [0.25, 0.3) is 0 Å². The molecule has 0 bridgehead atoms. The number of esters is 1. The number of hydrogen-bond acceptors (Lipinski definition) is 7. The zero-order valence-corrected chi connectivity index (χ0v) is 20.6. The van der Waals surface area contributed by atoms with E-state index in [-0.39, 0.29) is 10.8 Å². The molecule has 3 fully saturated rings. The second-order valence-corrected chi connectivity index (χ2v) is 13.8. The Bertz CT molecular complexity index is 1110. The number of hydrogen-bond donors (Lipinski definition) is 2. The lowest BCUT2D eigenvalue weighted by Crippen LogP contribution is -2.72. The van der Waals surface area contributed by atoms with Gasteiger partial charge in [0.2, 0.25) is 25.6 Å². The molecule has 0 spiro atoms. The van der Waals surface area contributed by atoms with E-state index >= 15 is 0 Å². The highest BCUT2D eigenvalue weighted by Crippen LogP contribution is 2.72. The fourth-order valence-corrected chi connectivity index (χ4v) is 7.45. The van der Waals surface area contributed by atoms with Gasteiger partial charge in [-0.2, -0.15) is 4.72 Å². The number of ether oxygens (including phenoxy) is 1. The zero-order valence-electron chi connectivity index (χ0n) is 16.7. The lowest BCUT2D eigenvalue weighted by molar-refractivity contribution is -0.165. The summed E-state index contributed by atoms with van der Waals surface area (Å²) in [6.45, 7) is 2.69. The summed E-state index contributed by atoms with van der Waals surface area (Å²) in [5.74, 6) is -1.48. The molecule has 4 atom stereocenters. The number of benzene rings is 1. The van der Waals surface area contributed by atoms with Crippen LogP contribution in [0.25, 0.3) is 0 Å². The normalized spacial score (nSPS) is 30.8. The van der Waals surface area contributed by atoms with Crippen molar-refractivity contribution in [3.8, 4) is 0 Å². The van der Waals surface area contributed by atoms with Crippen molar-refractivity contribution >= 4 is 80.1 Å². The molecule has 3 unspecified atom stereocenters. The summed E-state index contributed by atoms with van der Waals surface area (Å²) in [6.07, 6.45) is 0.371. The molecule has 14 heteroatoms. The first-order chi connectivity index (χ1) is 14.7. The van der Waals surface area contributed by atoms with Crippen molar-refractivity contribution in [1.82, 2.24) is 9.62 Å². The molecule has 1 aromatic rings. The zero-order chi connectivity index (χ0) is 23.7. The van der Waals surface area contributed by atoms with Crippen LogP contribution in [0.2, 0.25) is 0 Å². The minimum Gasteiger partial charge on any atom is -0.459 e. The smallest absolute Gasteiger partial charge is 0.333 e. The van der Waals surface area contributed by atoms with Gasteiger partial charge in [0.05, 0.1) is 9.64 Å². The molecule has 2 heterocycles. The van der Waals surface area contributed by atoms with Crippen molar-refractivity contribution in [3.05, 3.63) is 24.3 Å². The second kappa shape index (κ2) is 7.64. The van der Waals surface area contributed by atoms with E-state index in [4.69, 9.17) is 39.5 Å². The Morgan fingerprint density at radius 1 is 1.28 bits per heavy atom. The Morgan fingerprint density at radius 3 is 2.47 bits per heavy atom. The number of sulfonamides is 1. The fraction of sp³-hybridized carbons (Fsp3) is 0.500. The molecule has 1 aliphatic carbocycles. The third-order valence-electron chi connectivity index (χ3n) is 5.65. The van der Waals surface area contributed by atoms with Crippen LogP contribution in [0.15, 0.2) is 29.2 Å². The molecule has 2 aliphatic heterocycles. The molecular formula is C18H18Cl3N3O6S2. The Labute approximate surface area is 203 Å². The minimum atomic E-state index is -4.02.